The average Bonchev–Trinajstić information content (AvgIpc) is 3.18. The lowest BCUT2D eigenvalue weighted by Gasteiger charge is -2.23. The van der Waals surface area contributed by atoms with E-state index in [1.54, 1.807) is 0 Å². The van der Waals surface area contributed by atoms with Gasteiger partial charge in [-0.1, -0.05) is 0 Å². The van der Waals surface area contributed by atoms with E-state index in [4.69, 9.17) is 4.98 Å². The number of rotatable bonds is 4. The molecule has 2 aliphatic rings. The third kappa shape index (κ3) is 3.01. The van der Waals surface area contributed by atoms with Crippen LogP contribution in [0.25, 0.3) is 11.2 Å². The highest BCUT2D eigenvalue weighted by molar-refractivity contribution is 8.00. The quantitative estimate of drug-likeness (QED) is 0.942. The Balaban J connectivity index is 1.62. The molecule has 4 rings (SSSR count). The first-order valence-corrected chi connectivity index (χ1v) is 9.57. The predicted molar refractivity (Wildman–Crippen MR) is 92.3 cm³/mol. The number of hydrogen-bond acceptors (Lipinski definition) is 4. The van der Waals surface area contributed by atoms with Crippen molar-refractivity contribution >= 4 is 22.9 Å². The van der Waals surface area contributed by atoms with Crippen molar-refractivity contribution in [3.05, 3.63) is 24.2 Å². The van der Waals surface area contributed by atoms with E-state index in [0.29, 0.717) is 0 Å². The van der Waals surface area contributed by atoms with E-state index in [2.05, 4.69) is 32.7 Å². The van der Waals surface area contributed by atoms with Crippen molar-refractivity contribution in [1.82, 2.24) is 19.9 Å². The van der Waals surface area contributed by atoms with Crippen LogP contribution in [0.1, 0.15) is 31.5 Å². The van der Waals surface area contributed by atoms with Crippen LogP contribution in [-0.2, 0) is 13.0 Å². The highest BCUT2D eigenvalue weighted by atomic mass is 32.2. The summed E-state index contributed by atoms with van der Waals surface area (Å²) in [6.45, 7) is 3.39. The van der Waals surface area contributed by atoms with Gasteiger partial charge in [0, 0.05) is 24.4 Å². The molecule has 118 valence electrons. The first kappa shape index (κ1) is 14.5. The zero-order chi connectivity index (χ0) is 14.8. The third-order valence-electron chi connectivity index (χ3n) is 4.92. The van der Waals surface area contributed by atoms with Gasteiger partial charge in [0.05, 0.1) is 0 Å². The van der Waals surface area contributed by atoms with Crippen molar-refractivity contribution in [2.24, 2.45) is 5.92 Å². The summed E-state index contributed by atoms with van der Waals surface area (Å²) in [4.78, 5) is 9.54. The zero-order valence-electron chi connectivity index (χ0n) is 13.0. The molecule has 2 aromatic heterocycles. The van der Waals surface area contributed by atoms with Gasteiger partial charge in [0.1, 0.15) is 11.3 Å². The monoisotopic (exact) mass is 316 g/mol. The number of fused-ring (bicyclic) bond motifs is 1. The summed E-state index contributed by atoms with van der Waals surface area (Å²) >= 11 is 2.12. The molecule has 2 aromatic rings. The number of hydrogen-bond donors (Lipinski definition) is 1. The summed E-state index contributed by atoms with van der Waals surface area (Å²) in [5.41, 5.74) is 2.15. The molecule has 2 aliphatic heterocycles. The van der Waals surface area contributed by atoms with E-state index in [1.807, 2.05) is 12.3 Å². The standard InChI is InChI=1S/C17H24N4S/c1-4-15-17(19-7-1)21(12-14-3-2-10-22-14)16(20-15)11-13-5-8-18-9-6-13/h1,4,7,13-14,18H,2-3,5-6,8-12H2. The second-order valence-corrected chi connectivity index (χ2v) is 7.93. The fourth-order valence-electron chi connectivity index (χ4n) is 3.69. The van der Waals surface area contributed by atoms with Crippen LogP contribution >= 0.6 is 11.8 Å². The Morgan fingerprint density at radius 2 is 2.18 bits per heavy atom. The van der Waals surface area contributed by atoms with Crippen molar-refractivity contribution in [2.45, 2.75) is 43.9 Å². The van der Waals surface area contributed by atoms with Crippen molar-refractivity contribution in [1.29, 1.82) is 0 Å². The fraction of sp³-hybridized carbons (Fsp3) is 0.647. The summed E-state index contributed by atoms with van der Waals surface area (Å²) in [7, 11) is 0. The van der Waals surface area contributed by atoms with Crippen LogP contribution in [0, 0.1) is 5.92 Å². The van der Waals surface area contributed by atoms with E-state index in [-0.39, 0.29) is 0 Å². The molecule has 5 heteroatoms. The Morgan fingerprint density at radius 3 is 3.00 bits per heavy atom. The Morgan fingerprint density at radius 1 is 1.27 bits per heavy atom. The number of aromatic nitrogens is 3. The van der Waals surface area contributed by atoms with Gasteiger partial charge < -0.3 is 9.88 Å². The van der Waals surface area contributed by atoms with E-state index >= 15 is 0 Å². The van der Waals surface area contributed by atoms with Crippen LogP contribution in [0.15, 0.2) is 18.3 Å². The van der Waals surface area contributed by atoms with Gasteiger partial charge in [0.2, 0.25) is 0 Å². The summed E-state index contributed by atoms with van der Waals surface area (Å²) in [6, 6.07) is 4.10. The number of piperidine rings is 1. The van der Waals surface area contributed by atoms with Crippen LogP contribution in [0.5, 0.6) is 0 Å². The maximum absolute atomic E-state index is 4.92. The van der Waals surface area contributed by atoms with Gasteiger partial charge in [0.15, 0.2) is 5.65 Å². The molecule has 2 saturated heterocycles. The molecule has 1 unspecified atom stereocenters. The molecule has 0 amide bonds. The highest BCUT2D eigenvalue weighted by Gasteiger charge is 2.22. The molecule has 0 aliphatic carbocycles. The molecule has 4 heterocycles. The first-order valence-electron chi connectivity index (χ1n) is 8.52. The lowest BCUT2D eigenvalue weighted by atomic mass is 9.94. The highest BCUT2D eigenvalue weighted by Crippen LogP contribution is 2.29. The molecule has 0 radical (unpaired) electrons. The molecule has 0 aromatic carbocycles. The molecular weight excluding hydrogens is 292 g/mol. The lowest BCUT2D eigenvalue weighted by molar-refractivity contribution is 0.363. The van der Waals surface area contributed by atoms with Crippen molar-refractivity contribution in [3.8, 4) is 0 Å². The smallest absolute Gasteiger partial charge is 0.160 e. The van der Waals surface area contributed by atoms with Gasteiger partial charge in [0.25, 0.3) is 0 Å². The Labute approximate surface area is 136 Å². The molecular formula is C17H24N4S. The Kier molecular flexibility index (Phi) is 4.35. The van der Waals surface area contributed by atoms with E-state index in [0.717, 1.165) is 48.4 Å². The van der Waals surface area contributed by atoms with E-state index in [9.17, 15) is 0 Å². The minimum atomic E-state index is 0.742. The second-order valence-electron chi connectivity index (χ2n) is 6.52. The fourth-order valence-corrected chi connectivity index (χ4v) is 4.94. The number of imidazole rings is 1. The third-order valence-corrected chi connectivity index (χ3v) is 6.30. The molecule has 1 atom stereocenters. The molecule has 2 fully saturated rings. The van der Waals surface area contributed by atoms with Crippen LogP contribution in [0.4, 0.5) is 0 Å². The molecule has 4 nitrogen and oxygen atoms in total. The SMILES string of the molecule is c1cnc2c(c1)nc(CC1CCNCC1)n2CC1CCCS1. The maximum Gasteiger partial charge on any atom is 0.160 e. The largest absolute Gasteiger partial charge is 0.317 e. The molecule has 0 spiro atoms. The number of pyridine rings is 1. The lowest BCUT2D eigenvalue weighted by Crippen LogP contribution is -2.29. The Hall–Kier alpha value is -1.07. The molecule has 0 bridgehead atoms. The summed E-state index contributed by atoms with van der Waals surface area (Å²) in [5, 5.41) is 4.20. The zero-order valence-corrected chi connectivity index (χ0v) is 13.8. The minimum Gasteiger partial charge on any atom is -0.317 e. The number of nitrogens with one attached hydrogen (secondary N) is 1. The van der Waals surface area contributed by atoms with Gasteiger partial charge in [-0.2, -0.15) is 11.8 Å². The van der Waals surface area contributed by atoms with Crippen LogP contribution in [0.2, 0.25) is 0 Å². The summed E-state index contributed by atoms with van der Waals surface area (Å²) in [5.74, 6) is 3.34. The number of nitrogens with zero attached hydrogens (tertiary/aromatic N) is 3. The van der Waals surface area contributed by atoms with Crippen molar-refractivity contribution in [2.75, 3.05) is 18.8 Å². The van der Waals surface area contributed by atoms with Gasteiger partial charge >= 0.3 is 0 Å². The van der Waals surface area contributed by atoms with Gasteiger partial charge in [-0.05, 0) is 62.6 Å². The average molecular weight is 316 g/mol. The van der Waals surface area contributed by atoms with Gasteiger partial charge in [-0.25, -0.2) is 9.97 Å². The van der Waals surface area contributed by atoms with Gasteiger partial charge in [-0.3, -0.25) is 0 Å². The second kappa shape index (κ2) is 6.59. The van der Waals surface area contributed by atoms with Crippen molar-refractivity contribution < 1.29 is 0 Å². The van der Waals surface area contributed by atoms with Crippen LogP contribution in [0.3, 0.4) is 0 Å². The summed E-state index contributed by atoms with van der Waals surface area (Å²) in [6.07, 6.45) is 8.25. The Bertz CT molecular complexity index is 627. The summed E-state index contributed by atoms with van der Waals surface area (Å²) < 4.78 is 2.42. The molecule has 22 heavy (non-hydrogen) atoms. The molecule has 0 saturated carbocycles. The minimum absolute atomic E-state index is 0.742. The van der Waals surface area contributed by atoms with E-state index in [1.165, 1.54) is 37.3 Å². The van der Waals surface area contributed by atoms with Crippen molar-refractivity contribution in [3.63, 3.8) is 0 Å². The van der Waals surface area contributed by atoms with Crippen LogP contribution < -0.4 is 5.32 Å². The predicted octanol–water partition coefficient (Wildman–Crippen LogP) is 2.87. The maximum atomic E-state index is 4.92. The number of thioether (sulfide) groups is 1. The normalized spacial score (nSPS) is 23.4. The first-order chi connectivity index (χ1) is 10.9. The van der Waals surface area contributed by atoms with Crippen LogP contribution in [-0.4, -0.2) is 38.6 Å². The van der Waals surface area contributed by atoms with Gasteiger partial charge in [-0.15, -0.1) is 0 Å². The van der Waals surface area contributed by atoms with E-state index < -0.39 is 0 Å². The topological polar surface area (TPSA) is 42.7 Å². The molecule has 1 N–H and O–H groups in total.